The molecule has 0 spiro atoms. The van der Waals surface area contributed by atoms with Crippen LogP contribution in [0.15, 0.2) is 49.1 Å². The van der Waals surface area contributed by atoms with E-state index in [1.165, 1.54) is 165 Å². The van der Waals surface area contributed by atoms with Gasteiger partial charge in [0, 0.05) is 37.1 Å². The minimum Gasteiger partial charge on any atom is -0.396 e. The van der Waals surface area contributed by atoms with Crippen LogP contribution in [0.4, 0.5) is 0 Å². The second kappa shape index (κ2) is 25.2. The molecule has 0 atom stereocenters. The largest absolute Gasteiger partial charge is 0.396 e. The zero-order valence-electron chi connectivity index (χ0n) is 25.3. The standard InChI is InChI=1S/C36H61N2O/c39-32-22-18-14-10-6-2-4-8-12-16-20-26-36-28-24-31-38(34-36)30-21-17-13-9-5-1-3-7-11-15-19-25-35-27-23-29-37-33-35/h23-24,27-29,31,33-34,39H,1-22,25-26,30,32H2/q+1. The van der Waals surface area contributed by atoms with Crippen molar-refractivity contribution in [2.24, 2.45) is 0 Å². The van der Waals surface area contributed by atoms with Crippen LogP contribution in [0.2, 0.25) is 0 Å². The highest BCUT2D eigenvalue weighted by Crippen LogP contribution is 2.14. The molecule has 1 N–H and O–H groups in total. The summed E-state index contributed by atoms with van der Waals surface area (Å²) in [6.07, 6.45) is 40.7. The molecule has 2 aromatic rings. The average molecular weight is 538 g/mol. The Hall–Kier alpha value is -1.74. The van der Waals surface area contributed by atoms with Gasteiger partial charge < -0.3 is 5.11 Å². The molecule has 2 aromatic heterocycles. The molecule has 39 heavy (non-hydrogen) atoms. The fourth-order valence-electron chi connectivity index (χ4n) is 5.66. The topological polar surface area (TPSA) is 37.0 Å². The van der Waals surface area contributed by atoms with Crippen molar-refractivity contribution < 1.29 is 9.67 Å². The van der Waals surface area contributed by atoms with Crippen molar-refractivity contribution in [1.82, 2.24) is 4.98 Å². The van der Waals surface area contributed by atoms with E-state index >= 15 is 0 Å². The van der Waals surface area contributed by atoms with Crippen LogP contribution in [0.3, 0.4) is 0 Å². The zero-order chi connectivity index (χ0) is 27.5. The minimum absolute atomic E-state index is 0.360. The molecule has 0 aromatic carbocycles. The third kappa shape index (κ3) is 19.9. The predicted molar refractivity (Wildman–Crippen MR) is 167 cm³/mol. The van der Waals surface area contributed by atoms with Gasteiger partial charge >= 0.3 is 0 Å². The molecule has 0 aliphatic heterocycles. The molecule has 0 amide bonds. The first-order chi connectivity index (χ1) is 19.4. The van der Waals surface area contributed by atoms with Gasteiger partial charge in [0.15, 0.2) is 12.4 Å². The monoisotopic (exact) mass is 537 g/mol. The quantitative estimate of drug-likeness (QED) is 0.0909. The molecule has 0 bridgehead atoms. The van der Waals surface area contributed by atoms with E-state index in [2.05, 4.69) is 40.1 Å². The number of rotatable bonds is 27. The summed E-state index contributed by atoms with van der Waals surface area (Å²) < 4.78 is 2.42. The maximum absolute atomic E-state index is 8.81. The van der Waals surface area contributed by atoms with Gasteiger partial charge in [0.05, 0.1) is 0 Å². The Kier molecular flexibility index (Phi) is 21.7. The number of pyridine rings is 2. The van der Waals surface area contributed by atoms with E-state index in [4.69, 9.17) is 5.11 Å². The summed E-state index contributed by atoms with van der Waals surface area (Å²) in [5.74, 6) is 0. The van der Waals surface area contributed by atoms with Crippen LogP contribution < -0.4 is 4.57 Å². The Labute approximate surface area is 241 Å². The van der Waals surface area contributed by atoms with E-state index in [1.54, 1.807) is 0 Å². The lowest BCUT2D eigenvalue weighted by Crippen LogP contribution is -2.33. The van der Waals surface area contributed by atoms with E-state index in [-0.39, 0.29) is 0 Å². The summed E-state index contributed by atoms with van der Waals surface area (Å²) in [5, 5.41) is 8.81. The van der Waals surface area contributed by atoms with Crippen molar-refractivity contribution in [2.75, 3.05) is 6.61 Å². The fourth-order valence-corrected chi connectivity index (χ4v) is 5.66. The first-order valence-corrected chi connectivity index (χ1v) is 16.9. The predicted octanol–water partition coefficient (Wildman–Crippen LogP) is 9.73. The molecule has 0 aliphatic rings. The maximum atomic E-state index is 8.81. The lowest BCUT2D eigenvalue weighted by atomic mass is 10.0. The van der Waals surface area contributed by atoms with E-state index in [1.807, 2.05) is 18.5 Å². The first kappa shape index (κ1) is 33.5. The van der Waals surface area contributed by atoms with Gasteiger partial charge in [-0.15, -0.1) is 0 Å². The fraction of sp³-hybridized carbons (Fsp3) is 0.722. The molecular weight excluding hydrogens is 476 g/mol. The Bertz CT molecular complexity index is 779. The molecular formula is C36H61N2O+. The minimum atomic E-state index is 0.360. The van der Waals surface area contributed by atoms with E-state index in [9.17, 15) is 0 Å². The van der Waals surface area contributed by atoms with Crippen molar-refractivity contribution >= 4 is 0 Å². The average Bonchev–Trinajstić information content (AvgIpc) is 2.97. The van der Waals surface area contributed by atoms with E-state index in [0.717, 1.165) is 6.42 Å². The molecule has 0 aliphatic carbocycles. The Morgan fingerprint density at radius 3 is 1.49 bits per heavy atom. The molecule has 0 saturated carbocycles. The van der Waals surface area contributed by atoms with Gasteiger partial charge in [-0.05, 0) is 56.2 Å². The van der Waals surface area contributed by atoms with Crippen LogP contribution in [0, 0.1) is 0 Å². The van der Waals surface area contributed by atoms with Crippen LogP contribution in [0.1, 0.15) is 152 Å². The van der Waals surface area contributed by atoms with E-state index < -0.39 is 0 Å². The Morgan fingerprint density at radius 1 is 0.513 bits per heavy atom. The molecule has 0 unspecified atom stereocenters. The van der Waals surface area contributed by atoms with Crippen LogP contribution in [0.5, 0.6) is 0 Å². The summed E-state index contributed by atoms with van der Waals surface area (Å²) >= 11 is 0. The molecule has 220 valence electrons. The SMILES string of the molecule is OCCCCCCCCCCCCCc1ccc[n+](CCCCCCCCCCCCCc2cccnc2)c1. The van der Waals surface area contributed by atoms with Gasteiger partial charge in [-0.1, -0.05) is 115 Å². The van der Waals surface area contributed by atoms with Gasteiger partial charge in [0.25, 0.3) is 0 Å². The van der Waals surface area contributed by atoms with Crippen molar-refractivity contribution in [3.8, 4) is 0 Å². The molecule has 3 heteroatoms. The second-order valence-electron chi connectivity index (χ2n) is 11.8. The van der Waals surface area contributed by atoms with Gasteiger partial charge in [0.1, 0.15) is 6.54 Å². The van der Waals surface area contributed by atoms with Crippen molar-refractivity contribution in [3.05, 3.63) is 60.2 Å². The number of aliphatic hydroxyl groups is 1. The number of hydrogen-bond acceptors (Lipinski definition) is 2. The van der Waals surface area contributed by atoms with Crippen LogP contribution in [-0.4, -0.2) is 16.7 Å². The highest BCUT2D eigenvalue weighted by atomic mass is 16.2. The zero-order valence-corrected chi connectivity index (χ0v) is 25.3. The molecule has 0 saturated heterocycles. The lowest BCUT2D eigenvalue weighted by molar-refractivity contribution is -0.697. The smallest absolute Gasteiger partial charge is 0.171 e. The Balaban J connectivity index is 1.33. The van der Waals surface area contributed by atoms with Gasteiger partial charge in [-0.25, -0.2) is 4.57 Å². The number of nitrogens with zero attached hydrogens (tertiary/aromatic N) is 2. The summed E-state index contributed by atoms with van der Waals surface area (Å²) in [5.41, 5.74) is 2.89. The lowest BCUT2D eigenvalue weighted by Gasteiger charge is -2.04. The van der Waals surface area contributed by atoms with Crippen LogP contribution >= 0.6 is 0 Å². The molecule has 0 fully saturated rings. The highest BCUT2D eigenvalue weighted by Gasteiger charge is 2.03. The van der Waals surface area contributed by atoms with Crippen LogP contribution in [0.25, 0.3) is 0 Å². The summed E-state index contributed by atoms with van der Waals surface area (Å²) in [6, 6.07) is 8.80. The second-order valence-corrected chi connectivity index (χ2v) is 11.8. The number of aromatic nitrogens is 2. The maximum Gasteiger partial charge on any atom is 0.171 e. The summed E-state index contributed by atoms with van der Waals surface area (Å²) in [4.78, 5) is 4.20. The number of hydrogen-bond donors (Lipinski definition) is 1. The van der Waals surface area contributed by atoms with Crippen molar-refractivity contribution in [2.45, 2.75) is 161 Å². The van der Waals surface area contributed by atoms with E-state index in [0.29, 0.717) is 6.61 Å². The normalized spacial score (nSPS) is 11.3. The highest BCUT2D eigenvalue weighted by molar-refractivity contribution is 5.08. The molecule has 2 rings (SSSR count). The number of aryl methyl sites for hydroxylation is 3. The summed E-state index contributed by atoms with van der Waals surface area (Å²) in [7, 11) is 0. The van der Waals surface area contributed by atoms with Crippen molar-refractivity contribution in [1.29, 1.82) is 0 Å². The van der Waals surface area contributed by atoms with Gasteiger partial charge in [-0.3, -0.25) is 4.98 Å². The van der Waals surface area contributed by atoms with Gasteiger partial charge in [0.2, 0.25) is 0 Å². The van der Waals surface area contributed by atoms with Crippen LogP contribution in [-0.2, 0) is 19.4 Å². The first-order valence-electron chi connectivity index (χ1n) is 16.9. The third-order valence-corrected chi connectivity index (χ3v) is 8.15. The molecule has 3 nitrogen and oxygen atoms in total. The number of aliphatic hydroxyl groups excluding tert-OH is 1. The van der Waals surface area contributed by atoms with Gasteiger partial charge in [-0.2, -0.15) is 0 Å². The molecule has 2 heterocycles. The molecule has 0 radical (unpaired) electrons. The Morgan fingerprint density at radius 2 is 0.974 bits per heavy atom. The number of unbranched alkanes of at least 4 members (excludes halogenated alkanes) is 20. The third-order valence-electron chi connectivity index (χ3n) is 8.15. The summed E-state index contributed by atoms with van der Waals surface area (Å²) in [6.45, 7) is 1.53. The van der Waals surface area contributed by atoms with Crippen molar-refractivity contribution in [3.63, 3.8) is 0 Å².